The van der Waals surface area contributed by atoms with Crippen LogP contribution in [-0.4, -0.2) is 37.4 Å². The van der Waals surface area contributed by atoms with E-state index in [4.69, 9.17) is 16.3 Å². The van der Waals surface area contributed by atoms with Crippen LogP contribution in [0, 0.1) is 0 Å². The lowest BCUT2D eigenvalue weighted by Crippen LogP contribution is -2.50. The van der Waals surface area contributed by atoms with Crippen molar-refractivity contribution in [3.8, 4) is 5.75 Å². The van der Waals surface area contributed by atoms with Gasteiger partial charge >= 0.3 is 0 Å². The number of halogens is 1. The Balaban J connectivity index is 3.35. The molecule has 0 heterocycles. The van der Waals surface area contributed by atoms with E-state index in [-0.39, 0.29) is 5.78 Å². The minimum atomic E-state index is -0.516. The van der Waals surface area contributed by atoms with Gasteiger partial charge in [-0.1, -0.05) is 25.4 Å². The van der Waals surface area contributed by atoms with Crippen LogP contribution in [0.15, 0.2) is 18.2 Å². The van der Waals surface area contributed by atoms with E-state index in [0.29, 0.717) is 16.3 Å². The molecule has 0 atom stereocenters. The summed E-state index contributed by atoms with van der Waals surface area (Å²) in [6.45, 7) is 4.05. The van der Waals surface area contributed by atoms with Gasteiger partial charge < -0.3 is 4.74 Å². The molecule has 0 amide bonds. The molecule has 0 N–H and O–H groups in total. The standard InChI is InChI=1S/C15H22ClNO2/c1-6-15(7-2,17(3)4)14(18)12-10-11(16)8-9-13(12)19-5/h8-10H,6-7H2,1-5H3. The van der Waals surface area contributed by atoms with E-state index in [9.17, 15) is 4.79 Å². The molecule has 1 aromatic rings. The second kappa shape index (κ2) is 6.40. The molecule has 0 spiro atoms. The van der Waals surface area contributed by atoms with E-state index in [0.717, 1.165) is 12.8 Å². The highest BCUT2D eigenvalue weighted by Crippen LogP contribution is 2.32. The second-order valence-corrected chi connectivity index (χ2v) is 5.24. The lowest BCUT2D eigenvalue weighted by atomic mass is 9.83. The second-order valence-electron chi connectivity index (χ2n) is 4.81. The molecule has 3 nitrogen and oxygen atoms in total. The lowest BCUT2D eigenvalue weighted by molar-refractivity contribution is 0.0653. The summed E-state index contributed by atoms with van der Waals surface area (Å²) in [6, 6.07) is 5.15. The average Bonchev–Trinajstić information content (AvgIpc) is 2.40. The molecule has 0 aliphatic carbocycles. The first-order valence-corrected chi connectivity index (χ1v) is 6.86. The molecule has 19 heavy (non-hydrogen) atoms. The summed E-state index contributed by atoms with van der Waals surface area (Å²) in [7, 11) is 5.43. The Hall–Kier alpha value is -1.06. The topological polar surface area (TPSA) is 29.5 Å². The molecule has 0 aromatic heterocycles. The average molecular weight is 284 g/mol. The number of ketones is 1. The first kappa shape index (κ1) is 16.0. The smallest absolute Gasteiger partial charge is 0.186 e. The van der Waals surface area contributed by atoms with Crippen molar-refractivity contribution >= 4 is 17.4 Å². The first-order valence-electron chi connectivity index (χ1n) is 6.48. The molecule has 0 saturated carbocycles. The van der Waals surface area contributed by atoms with Gasteiger partial charge in [-0.3, -0.25) is 9.69 Å². The number of benzene rings is 1. The molecular weight excluding hydrogens is 262 g/mol. The van der Waals surface area contributed by atoms with Crippen molar-refractivity contribution in [1.82, 2.24) is 4.90 Å². The quantitative estimate of drug-likeness (QED) is 0.747. The number of nitrogens with zero attached hydrogens (tertiary/aromatic N) is 1. The van der Waals surface area contributed by atoms with Gasteiger partial charge in [-0.2, -0.15) is 0 Å². The zero-order valence-electron chi connectivity index (χ0n) is 12.3. The minimum absolute atomic E-state index is 0.0573. The molecule has 0 radical (unpaired) electrons. The summed E-state index contributed by atoms with van der Waals surface area (Å²) in [6.07, 6.45) is 1.48. The van der Waals surface area contributed by atoms with E-state index >= 15 is 0 Å². The fraction of sp³-hybridized carbons (Fsp3) is 0.533. The number of hydrogen-bond donors (Lipinski definition) is 0. The third kappa shape index (κ3) is 2.93. The molecule has 4 heteroatoms. The summed E-state index contributed by atoms with van der Waals surface area (Å²) >= 11 is 6.01. The van der Waals surface area contributed by atoms with E-state index in [2.05, 4.69) is 0 Å². The van der Waals surface area contributed by atoms with Gasteiger partial charge in [0.1, 0.15) is 5.75 Å². The highest BCUT2D eigenvalue weighted by Gasteiger charge is 2.38. The van der Waals surface area contributed by atoms with Gasteiger partial charge in [0.2, 0.25) is 0 Å². The van der Waals surface area contributed by atoms with Crippen LogP contribution in [0.25, 0.3) is 0 Å². The molecule has 106 valence electrons. The van der Waals surface area contributed by atoms with Gasteiger partial charge in [0.25, 0.3) is 0 Å². The van der Waals surface area contributed by atoms with Crippen molar-refractivity contribution < 1.29 is 9.53 Å². The molecule has 0 aliphatic heterocycles. The molecule has 0 fully saturated rings. The number of ether oxygens (including phenoxy) is 1. The van der Waals surface area contributed by atoms with Crippen LogP contribution in [0.2, 0.25) is 5.02 Å². The van der Waals surface area contributed by atoms with Gasteiger partial charge in [-0.15, -0.1) is 0 Å². The summed E-state index contributed by atoms with van der Waals surface area (Å²) in [5.41, 5.74) is 0.0326. The Morgan fingerprint density at radius 1 is 1.32 bits per heavy atom. The highest BCUT2D eigenvalue weighted by atomic mass is 35.5. The van der Waals surface area contributed by atoms with Crippen molar-refractivity contribution in [2.45, 2.75) is 32.2 Å². The number of carbonyl (C=O) groups excluding carboxylic acids is 1. The minimum Gasteiger partial charge on any atom is -0.496 e. The fourth-order valence-corrected chi connectivity index (χ4v) is 2.69. The number of methoxy groups -OCH3 is 1. The van der Waals surface area contributed by atoms with Crippen molar-refractivity contribution in [2.75, 3.05) is 21.2 Å². The van der Waals surface area contributed by atoms with Gasteiger partial charge in [-0.25, -0.2) is 0 Å². The number of Topliss-reactive ketones (excluding diaryl/α,β-unsaturated/α-hetero) is 1. The summed E-state index contributed by atoms with van der Waals surface area (Å²) < 4.78 is 5.29. The zero-order chi connectivity index (χ0) is 14.6. The Labute approximate surface area is 120 Å². The highest BCUT2D eigenvalue weighted by molar-refractivity contribution is 6.31. The van der Waals surface area contributed by atoms with E-state index < -0.39 is 5.54 Å². The molecule has 0 bridgehead atoms. The van der Waals surface area contributed by atoms with E-state index in [1.165, 1.54) is 0 Å². The molecule has 1 rings (SSSR count). The third-order valence-corrected chi connectivity index (χ3v) is 4.09. The van der Waals surface area contributed by atoms with Crippen LogP contribution >= 0.6 is 11.6 Å². The Bertz CT molecular complexity index is 453. The normalized spacial score (nSPS) is 11.7. The largest absolute Gasteiger partial charge is 0.496 e. The maximum atomic E-state index is 12.9. The van der Waals surface area contributed by atoms with Crippen LogP contribution in [0.1, 0.15) is 37.0 Å². The van der Waals surface area contributed by atoms with Crippen molar-refractivity contribution in [2.24, 2.45) is 0 Å². The van der Waals surface area contributed by atoms with Gasteiger partial charge in [0.15, 0.2) is 5.78 Å². The predicted molar refractivity (Wildman–Crippen MR) is 79.3 cm³/mol. The van der Waals surface area contributed by atoms with Gasteiger partial charge in [0, 0.05) is 5.02 Å². The Morgan fingerprint density at radius 3 is 2.32 bits per heavy atom. The zero-order valence-corrected chi connectivity index (χ0v) is 13.0. The third-order valence-electron chi connectivity index (χ3n) is 3.85. The van der Waals surface area contributed by atoms with Crippen molar-refractivity contribution in [3.05, 3.63) is 28.8 Å². The summed E-state index contributed by atoms with van der Waals surface area (Å²) in [5.74, 6) is 0.629. The molecule has 0 aliphatic rings. The van der Waals surface area contributed by atoms with E-state index in [1.807, 2.05) is 32.8 Å². The first-order chi connectivity index (χ1) is 8.92. The molecule has 0 saturated heterocycles. The van der Waals surface area contributed by atoms with Crippen molar-refractivity contribution in [3.63, 3.8) is 0 Å². The molecule has 0 unspecified atom stereocenters. The summed E-state index contributed by atoms with van der Waals surface area (Å²) in [5, 5.41) is 0.545. The molecule has 1 aromatic carbocycles. The Morgan fingerprint density at radius 2 is 1.89 bits per heavy atom. The number of hydrogen-bond acceptors (Lipinski definition) is 3. The number of likely N-dealkylation sites (N-methyl/N-ethyl adjacent to an activating group) is 1. The van der Waals surface area contributed by atoms with Crippen molar-refractivity contribution in [1.29, 1.82) is 0 Å². The van der Waals surface area contributed by atoms with E-state index in [1.54, 1.807) is 25.3 Å². The maximum Gasteiger partial charge on any atom is 0.186 e. The van der Waals surface area contributed by atoms with Crippen LogP contribution in [0.3, 0.4) is 0 Å². The number of rotatable bonds is 6. The van der Waals surface area contributed by atoms with Crippen LogP contribution in [0.5, 0.6) is 5.75 Å². The Kier molecular flexibility index (Phi) is 5.39. The monoisotopic (exact) mass is 283 g/mol. The number of carbonyl (C=O) groups is 1. The van der Waals surface area contributed by atoms with Gasteiger partial charge in [-0.05, 0) is 45.1 Å². The molecular formula is C15H22ClNO2. The van der Waals surface area contributed by atoms with Gasteiger partial charge in [0.05, 0.1) is 18.2 Å². The maximum absolute atomic E-state index is 12.9. The lowest BCUT2D eigenvalue weighted by Gasteiger charge is -2.37. The SMILES string of the molecule is CCC(CC)(C(=O)c1cc(Cl)ccc1OC)N(C)C. The fourth-order valence-electron chi connectivity index (χ4n) is 2.51. The van der Waals surface area contributed by atoms with Crippen LogP contribution < -0.4 is 4.74 Å². The predicted octanol–water partition coefficient (Wildman–Crippen LogP) is 3.65. The van der Waals surface area contributed by atoms with Crippen LogP contribution in [0.4, 0.5) is 0 Å². The summed E-state index contributed by atoms with van der Waals surface area (Å²) in [4.78, 5) is 14.9. The van der Waals surface area contributed by atoms with Crippen LogP contribution in [-0.2, 0) is 0 Å².